The van der Waals surface area contributed by atoms with Crippen molar-refractivity contribution in [2.24, 2.45) is 5.41 Å². The molecule has 2 amide bonds. The second-order valence-electron chi connectivity index (χ2n) is 6.94. The van der Waals surface area contributed by atoms with Crippen LogP contribution in [0.15, 0.2) is 29.3 Å². The van der Waals surface area contributed by atoms with Gasteiger partial charge in [-0.1, -0.05) is 55.7 Å². The van der Waals surface area contributed by atoms with Gasteiger partial charge in [-0.25, -0.2) is 0 Å². The van der Waals surface area contributed by atoms with Gasteiger partial charge in [0.05, 0.1) is 21.5 Å². The quantitative estimate of drug-likeness (QED) is 0.743. The van der Waals surface area contributed by atoms with Gasteiger partial charge in [-0.3, -0.25) is 19.3 Å². The van der Waals surface area contributed by atoms with E-state index in [0.29, 0.717) is 20.8 Å². The first-order valence-electron chi connectivity index (χ1n) is 7.97. The molecule has 1 aliphatic heterocycles. The van der Waals surface area contributed by atoms with Gasteiger partial charge in [-0.15, -0.1) is 0 Å². The third-order valence-corrected chi connectivity index (χ3v) is 5.35. The minimum Gasteiger partial charge on any atom is -0.323 e. The van der Waals surface area contributed by atoms with Crippen molar-refractivity contribution in [3.8, 4) is 0 Å². The van der Waals surface area contributed by atoms with E-state index in [0.717, 1.165) is 0 Å². The number of thioether (sulfide) groups is 1. The molecular weight excluding hydrogens is 395 g/mol. The molecule has 5 nitrogen and oxygen atoms in total. The largest absolute Gasteiger partial charge is 0.323 e. The van der Waals surface area contributed by atoms with Gasteiger partial charge in [-0.05, 0) is 25.1 Å². The molecule has 1 aromatic rings. The van der Waals surface area contributed by atoms with Crippen molar-refractivity contribution < 1.29 is 14.4 Å². The van der Waals surface area contributed by atoms with Gasteiger partial charge in [-0.2, -0.15) is 0 Å². The molecule has 0 aromatic heterocycles. The van der Waals surface area contributed by atoms with Gasteiger partial charge in [0.2, 0.25) is 11.8 Å². The number of benzene rings is 1. The average Bonchev–Trinajstić information content (AvgIpc) is 2.89. The lowest BCUT2D eigenvalue weighted by Gasteiger charge is -2.25. The molecule has 140 valence electrons. The third kappa shape index (κ3) is 4.81. The number of hydrogen-bond acceptors (Lipinski definition) is 4. The topological polar surface area (TPSA) is 66.5 Å². The fraction of sp³-hybridized carbons (Fsp3) is 0.389. The number of amides is 2. The van der Waals surface area contributed by atoms with Crippen LogP contribution in [-0.2, 0) is 14.4 Å². The maximum Gasteiger partial charge on any atom is 0.247 e. The smallest absolute Gasteiger partial charge is 0.247 e. The van der Waals surface area contributed by atoms with Crippen LogP contribution in [0, 0.1) is 5.41 Å². The lowest BCUT2D eigenvalue weighted by Crippen LogP contribution is -2.42. The molecule has 1 aromatic carbocycles. The van der Waals surface area contributed by atoms with E-state index < -0.39 is 17.4 Å². The number of nitrogens with zero attached hydrogens (tertiary/aromatic N) is 1. The van der Waals surface area contributed by atoms with E-state index in [4.69, 9.17) is 23.2 Å². The van der Waals surface area contributed by atoms with E-state index in [9.17, 15) is 14.4 Å². The van der Waals surface area contributed by atoms with Gasteiger partial charge in [0.15, 0.2) is 5.78 Å². The highest BCUT2D eigenvalue weighted by Crippen LogP contribution is 2.33. The monoisotopic (exact) mass is 414 g/mol. The van der Waals surface area contributed by atoms with Gasteiger partial charge in [0.25, 0.3) is 0 Å². The Kier molecular flexibility index (Phi) is 6.42. The molecule has 1 saturated heterocycles. The number of nitrogens with one attached hydrogen (secondary N) is 1. The fourth-order valence-electron chi connectivity index (χ4n) is 2.19. The second kappa shape index (κ2) is 8.03. The SMILES string of the molecule is C[C@H](C(=O)Nc1ccc(Cl)cc1Cl)N1C(=O)CS/C1=C\C(=O)C(C)(C)C. The van der Waals surface area contributed by atoms with Gasteiger partial charge < -0.3 is 5.32 Å². The van der Waals surface area contributed by atoms with Crippen molar-refractivity contribution in [2.75, 3.05) is 11.1 Å². The van der Waals surface area contributed by atoms with Crippen LogP contribution >= 0.6 is 35.0 Å². The minimum atomic E-state index is -0.789. The molecule has 0 spiro atoms. The first-order valence-corrected chi connectivity index (χ1v) is 9.72. The summed E-state index contributed by atoms with van der Waals surface area (Å²) in [5.41, 5.74) is -0.156. The molecule has 0 unspecified atom stereocenters. The molecule has 0 radical (unpaired) electrons. The summed E-state index contributed by atoms with van der Waals surface area (Å²) >= 11 is 13.2. The summed E-state index contributed by atoms with van der Waals surface area (Å²) in [7, 11) is 0. The third-order valence-electron chi connectivity index (χ3n) is 3.80. The van der Waals surface area contributed by atoms with E-state index in [2.05, 4.69) is 5.32 Å². The molecule has 1 N–H and O–H groups in total. The number of anilines is 1. The predicted octanol–water partition coefficient (Wildman–Crippen LogP) is 4.35. The number of halogens is 2. The number of carbonyl (C=O) groups excluding carboxylic acids is 3. The van der Waals surface area contributed by atoms with Crippen molar-refractivity contribution >= 4 is 58.2 Å². The molecule has 1 heterocycles. The second-order valence-corrected chi connectivity index (χ2v) is 8.78. The zero-order valence-corrected chi connectivity index (χ0v) is 17.3. The van der Waals surface area contributed by atoms with Crippen molar-refractivity contribution in [3.63, 3.8) is 0 Å². The van der Waals surface area contributed by atoms with Crippen LogP contribution in [0.1, 0.15) is 27.7 Å². The van der Waals surface area contributed by atoms with Gasteiger partial charge in [0, 0.05) is 16.5 Å². The molecule has 1 atom stereocenters. The molecule has 0 bridgehead atoms. The predicted molar refractivity (Wildman–Crippen MR) is 106 cm³/mol. The molecular formula is C18H20Cl2N2O3S. The summed E-state index contributed by atoms with van der Waals surface area (Å²) in [6, 6.07) is 3.93. The number of rotatable bonds is 4. The fourth-order valence-corrected chi connectivity index (χ4v) is 3.65. The lowest BCUT2D eigenvalue weighted by atomic mass is 9.91. The Morgan fingerprint density at radius 3 is 2.54 bits per heavy atom. The van der Waals surface area contributed by atoms with Crippen molar-refractivity contribution in [2.45, 2.75) is 33.7 Å². The van der Waals surface area contributed by atoms with Crippen LogP contribution in [0.2, 0.25) is 10.0 Å². The first-order chi connectivity index (χ1) is 12.0. The van der Waals surface area contributed by atoms with Crippen LogP contribution in [0.5, 0.6) is 0 Å². The zero-order valence-electron chi connectivity index (χ0n) is 14.9. The Balaban J connectivity index is 2.21. The maximum absolute atomic E-state index is 12.6. The molecule has 2 rings (SSSR count). The van der Waals surface area contributed by atoms with Crippen LogP contribution in [0.3, 0.4) is 0 Å². The van der Waals surface area contributed by atoms with Crippen molar-refractivity contribution in [1.29, 1.82) is 0 Å². The van der Waals surface area contributed by atoms with Crippen molar-refractivity contribution in [3.05, 3.63) is 39.3 Å². The van der Waals surface area contributed by atoms with E-state index in [1.807, 2.05) is 0 Å². The van der Waals surface area contributed by atoms with Gasteiger partial charge in [0.1, 0.15) is 6.04 Å². The van der Waals surface area contributed by atoms with Crippen LogP contribution in [0.4, 0.5) is 5.69 Å². The Bertz CT molecular complexity index is 787. The van der Waals surface area contributed by atoms with E-state index in [-0.39, 0.29) is 17.4 Å². The van der Waals surface area contributed by atoms with E-state index in [1.54, 1.807) is 39.8 Å². The Hall–Kier alpha value is -1.50. The molecule has 1 fully saturated rings. The van der Waals surface area contributed by atoms with E-state index in [1.165, 1.54) is 28.8 Å². The highest BCUT2D eigenvalue weighted by atomic mass is 35.5. The summed E-state index contributed by atoms with van der Waals surface area (Å²) < 4.78 is 0. The highest BCUT2D eigenvalue weighted by Gasteiger charge is 2.35. The molecule has 0 aliphatic carbocycles. The minimum absolute atomic E-state index is 0.104. The molecule has 8 heteroatoms. The van der Waals surface area contributed by atoms with Crippen LogP contribution in [0.25, 0.3) is 0 Å². The maximum atomic E-state index is 12.6. The summed E-state index contributed by atoms with van der Waals surface area (Å²) in [4.78, 5) is 38.5. The molecule has 0 saturated carbocycles. The summed E-state index contributed by atoms with van der Waals surface area (Å²) in [5.74, 6) is -0.525. The number of ketones is 1. The summed E-state index contributed by atoms with van der Waals surface area (Å²) in [5, 5.41) is 3.94. The standard InChI is InChI=1S/C18H20Cl2N2O3S/c1-10(17(25)21-13-6-5-11(19)7-12(13)20)22-15(24)9-26-16(22)8-14(23)18(2,3)4/h5-8,10H,9H2,1-4H3,(H,21,25)/b16-8-/t10-/m1/s1. The van der Waals surface area contributed by atoms with Crippen LogP contribution in [-0.4, -0.2) is 34.3 Å². The summed E-state index contributed by atoms with van der Waals surface area (Å²) in [6.45, 7) is 7.02. The lowest BCUT2D eigenvalue weighted by molar-refractivity contribution is -0.132. The Morgan fingerprint density at radius 2 is 1.96 bits per heavy atom. The number of hydrogen-bond donors (Lipinski definition) is 1. The van der Waals surface area contributed by atoms with Gasteiger partial charge >= 0.3 is 0 Å². The summed E-state index contributed by atoms with van der Waals surface area (Å²) in [6.07, 6.45) is 1.44. The average molecular weight is 415 g/mol. The van der Waals surface area contributed by atoms with Crippen molar-refractivity contribution in [1.82, 2.24) is 4.90 Å². The number of allylic oxidation sites excluding steroid dienone is 1. The normalized spacial score (nSPS) is 17.5. The highest BCUT2D eigenvalue weighted by molar-refractivity contribution is 8.04. The molecule has 1 aliphatic rings. The Morgan fingerprint density at radius 1 is 1.31 bits per heavy atom. The first kappa shape index (κ1) is 20.8. The van der Waals surface area contributed by atoms with E-state index >= 15 is 0 Å². The zero-order chi connectivity index (χ0) is 19.6. The number of carbonyl (C=O) groups is 3. The molecule has 26 heavy (non-hydrogen) atoms. The van der Waals surface area contributed by atoms with Crippen LogP contribution < -0.4 is 5.32 Å². The Labute approximate surface area is 167 Å².